The van der Waals surface area contributed by atoms with Crippen molar-refractivity contribution in [3.8, 4) is 0 Å². The lowest BCUT2D eigenvalue weighted by molar-refractivity contribution is -0.184. The molecule has 5 unspecified atom stereocenters. The highest BCUT2D eigenvalue weighted by molar-refractivity contribution is 5.80. The molecule has 9 heteroatoms. The molecule has 5 atom stereocenters. The SMILES string of the molecule is O=C(O)CN1CCCN2CC23N2CCCN(CC1)Cc1cccc(n1)CC3(C(=O)O)C2. The third-order valence-electron chi connectivity index (χ3n) is 7.62. The molecular formula is C22H31N5O4. The molecule has 5 aliphatic rings. The first-order valence-corrected chi connectivity index (χ1v) is 11.3. The third-order valence-corrected chi connectivity index (χ3v) is 7.62. The predicted octanol–water partition coefficient (Wildman–Crippen LogP) is 0.0186. The summed E-state index contributed by atoms with van der Waals surface area (Å²) in [5.74, 6) is -1.53. The van der Waals surface area contributed by atoms with Crippen molar-refractivity contribution in [1.82, 2.24) is 24.6 Å². The largest absolute Gasteiger partial charge is 0.481 e. The highest BCUT2D eigenvalue weighted by Gasteiger charge is 2.78. The monoisotopic (exact) mass is 429 g/mol. The van der Waals surface area contributed by atoms with Crippen LogP contribution in [-0.2, 0) is 22.6 Å². The van der Waals surface area contributed by atoms with E-state index in [1.807, 2.05) is 23.1 Å². The number of rotatable bonds is 3. The topological polar surface area (TPSA) is 100 Å². The van der Waals surface area contributed by atoms with E-state index in [0.717, 1.165) is 57.0 Å². The van der Waals surface area contributed by atoms with Crippen molar-refractivity contribution in [3.05, 3.63) is 29.6 Å². The summed E-state index contributed by atoms with van der Waals surface area (Å²) in [5.41, 5.74) is 0.551. The van der Waals surface area contributed by atoms with Gasteiger partial charge in [0.2, 0.25) is 0 Å². The van der Waals surface area contributed by atoms with Crippen LogP contribution in [0.1, 0.15) is 24.2 Å². The first kappa shape index (κ1) is 20.8. The maximum absolute atomic E-state index is 12.6. The minimum Gasteiger partial charge on any atom is -0.481 e. The summed E-state index contributed by atoms with van der Waals surface area (Å²) in [7, 11) is 0. The van der Waals surface area contributed by atoms with Crippen molar-refractivity contribution in [2.24, 2.45) is 5.41 Å². The third kappa shape index (κ3) is 3.53. The lowest BCUT2D eigenvalue weighted by Crippen LogP contribution is -2.73. The molecule has 1 aromatic heterocycles. The van der Waals surface area contributed by atoms with E-state index in [0.29, 0.717) is 32.6 Å². The van der Waals surface area contributed by atoms with Gasteiger partial charge in [-0.05, 0) is 31.5 Å². The fraction of sp³-hybridized carbons (Fsp3) is 0.682. The Bertz CT molecular complexity index is 881. The van der Waals surface area contributed by atoms with E-state index in [1.165, 1.54) is 0 Å². The van der Waals surface area contributed by atoms with Gasteiger partial charge in [0.05, 0.1) is 12.2 Å². The van der Waals surface area contributed by atoms with Crippen LogP contribution in [-0.4, -0.2) is 111 Å². The van der Waals surface area contributed by atoms with Crippen LogP contribution in [0.5, 0.6) is 0 Å². The van der Waals surface area contributed by atoms with Gasteiger partial charge in [0.25, 0.3) is 0 Å². The lowest BCUT2D eigenvalue weighted by Gasteiger charge is -2.56. The Kier molecular flexibility index (Phi) is 5.24. The molecule has 3 fully saturated rings. The van der Waals surface area contributed by atoms with Gasteiger partial charge in [-0.25, -0.2) is 0 Å². The molecule has 2 N–H and O–H groups in total. The molecule has 6 rings (SSSR count). The molecule has 0 amide bonds. The molecule has 5 aliphatic heterocycles. The number of aromatic nitrogens is 1. The molecule has 1 spiro atoms. The number of carboxylic acid groups (broad SMARTS) is 2. The van der Waals surface area contributed by atoms with E-state index in [9.17, 15) is 19.8 Å². The smallest absolute Gasteiger partial charge is 0.317 e. The van der Waals surface area contributed by atoms with Gasteiger partial charge in [-0.1, -0.05) is 6.07 Å². The molecule has 6 bridgehead atoms. The summed E-state index contributed by atoms with van der Waals surface area (Å²) in [4.78, 5) is 37.9. The maximum atomic E-state index is 12.6. The van der Waals surface area contributed by atoms with Gasteiger partial charge in [0, 0.05) is 64.5 Å². The van der Waals surface area contributed by atoms with Gasteiger partial charge < -0.3 is 10.2 Å². The molecule has 1 aromatic rings. The Labute approximate surface area is 182 Å². The van der Waals surface area contributed by atoms with Crippen molar-refractivity contribution in [1.29, 1.82) is 0 Å². The first-order chi connectivity index (χ1) is 14.9. The van der Waals surface area contributed by atoms with Gasteiger partial charge in [0.15, 0.2) is 0 Å². The van der Waals surface area contributed by atoms with Crippen LogP contribution in [0.25, 0.3) is 0 Å². The number of carboxylic acids is 2. The van der Waals surface area contributed by atoms with E-state index < -0.39 is 23.0 Å². The van der Waals surface area contributed by atoms with Crippen molar-refractivity contribution in [2.45, 2.75) is 31.5 Å². The fourth-order valence-corrected chi connectivity index (χ4v) is 6.06. The highest BCUT2D eigenvalue weighted by atomic mass is 16.4. The summed E-state index contributed by atoms with van der Waals surface area (Å²) in [6, 6.07) is 5.95. The van der Waals surface area contributed by atoms with E-state index in [4.69, 9.17) is 4.98 Å². The molecule has 0 saturated carbocycles. The Hall–Kier alpha value is -2.07. The van der Waals surface area contributed by atoms with Crippen LogP contribution in [0, 0.1) is 5.41 Å². The van der Waals surface area contributed by atoms with Crippen LogP contribution in [0.15, 0.2) is 18.2 Å². The standard InChI is InChI=1S/C22H31N5O4/c28-19(29)14-25-7-3-9-27-16-22(27)21(20(30)31)12-17-4-1-5-18(23-17)13-24(10-11-25)6-2-8-26(22)15-21/h1,4-5H,2-3,6-16H2,(H,28,29)(H,30,31). The van der Waals surface area contributed by atoms with Crippen molar-refractivity contribution >= 4 is 11.9 Å². The minimum atomic E-state index is -0.835. The Morgan fingerprint density at radius 2 is 1.68 bits per heavy atom. The lowest BCUT2D eigenvalue weighted by atomic mass is 9.67. The van der Waals surface area contributed by atoms with Crippen molar-refractivity contribution in [2.75, 3.05) is 58.9 Å². The summed E-state index contributed by atoms with van der Waals surface area (Å²) in [6.07, 6.45) is 2.25. The first-order valence-electron chi connectivity index (χ1n) is 11.3. The second-order valence-corrected chi connectivity index (χ2v) is 9.50. The number of hydrogen-bond donors (Lipinski definition) is 2. The maximum Gasteiger partial charge on any atom is 0.317 e. The average Bonchev–Trinajstić information content (AvgIpc) is 3.46. The summed E-state index contributed by atoms with van der Waals surface area (Å²) >= 11 is 0. The fourth-order valence-electron chi connectivity index (χ4n) is 6.06. The zero-order valence-corrected chi connectivity index (χ0v) is 17.9. The van der Waals surface area contributed by atoms with Gasteiger partial charge in [-0.2, -0.15) is 0 Å². The molecule has 31 heavy (non-hydrogen) atoms. The van der Waals surface area contributed by atoms with Gasteiger partial charge in [0.1, 0.15) is 11.1 Å². The number of hydrogen-bond acceptors (Lipinski definition) is 7. The van der Waals surface area contributed by atoms with Gasteiger partial charge >= 0.3 is 11.9 Å². The van der Waals surface area contributed by atoms with E-state index in [2.05, 4.69) is 14.7 Å². The number of carbonyl (C=O) groups is 2. The van der Waals surface area contributed by atoms with E-state index in [-0.39, 0.29) is 6.54 Å². The quantitative estimate of drug-likeness (QED) is 0.644. The summed E-state index contributed by atoms with van der Waals surface area (Å²) < 4.78 is 0. The van der Waals surface area contributed by atoms with Crippen molar-refractivity contribution < 1.29 is 19.8 Å². The molecular weight excluding hydrogens is 398 g/mol. The second-order valence-electron chi connectivity index (χ2n) is 9.50. The van der Waals surface area contributed by atoms with Crippen LogP contribution < -0.4 is 0 Å². The molecule has 0 aromatic carbocycles. The number of aliphatic carboxylic acids is 2. The normalized spacial score (nSPS) is 37.9. The molecule has 9 nitrogen and oxygen atoms in total. The average molecular weight is 430 g/mol. The number of pyridine rings is 1. The number of nitrogens with zero attached hydrogens (tertiary/aromatic N) is 5. The van der Waals surface area contributed by atoms with Crippen LogP contribution in [0.2, 0.25) is 0 Å². The Morgan fingerprint density at radius 3 is 2.45 bits per heavy atom. The van der Waals surface area contributed by atoms with Crippen LogP contribution in [0.3, 0.4) is 0 Å². The Balaban J connectivity index is 1.52. The zero-order chi connectivity index (χ0) is 21.6. The highest BCUT2D eigenvalue weighted by Crippen LogP contribution is 2.60. The zero-order valence-electron chi connectivity index (χ0n) is 17.9. The van der Waals surface area contributed by atoms with Gasteiger partial charge in [-0.15, -0.1) is 0 Å². The second kappa shape index (κ2) is 7.81. The van der Waals surface area contributed by atoms with E-state index in [1.54, 1.807) is 0 Å². The summed E-state index contributed by atoms with van der Waals surface area (Å²) in [5, 5.41) is 19.7. The molecule has 3 saturated heterocycles. The van der Waals surface area contributed by atoms with Gasteiger partial charge in [-0.3, -0.25) is 34.2 Å². The predicted molar refractivity (Wildman–Crippen MR) is 112 cm³/mol. The molecule has 0 aliphatic carbocycles. The minimum absolute atomic E-state index is 0.0396. The van der Waals surface area contributed by atoms with Crippen molar-refractivity contribution in [3.63, 3.8) is 0 Å². The Morgan fingerprint density at radius 1 is 0.935 bits per heavy atom. The molecule has 0 radical (unpaired) electrons. The molecule has 6 heterocycles. The van der Waals surface area contributed by atoms with Crippen LogP contribution >= 0.6 is 0 Å². The van der Waals surface area contributed by atoms with Crippen LogP contribution in [0.4, 0.5) is 0 Å². The molecule has 168 valence electrons. The summed E-state index contributed by atoms with van der Waals surface area (Å²) in [6.45, 7) is 6.86. The van der Waals surface area contributed by atoms with E-state index >= 15 is 0 Å².